The van der Waals surface area contributed by atoms with Crippen LogP contribution in [0.3, 0.4) is 0 Å². The van der Waals surface area contributed by atoms with E-state index in [-0.39, 0.29) is 26.4 Å². The average Bonchev–Trinajstić information content (AvgIpc) is 2.33. The van der Waals surface area contributed by atoms with Crippen LogP contribution in [-0.4, -0.2) is 75.4 Å². The highest BCUT2D eigenvalue weighted by Gasteiger charge is 2.11. The topological polar surface area (TPSA) is 90.9 Å². The molecule has 18 heavy (non-hydrogen) atoms. The summed E-state index contributed by atoms with van der Waals surface area (Å²) in [5, 5.41) is 13.4. The zero-order chi connectivity index (χ0) is 13.8. The van der Waals surface area contributed by atoms with Crippen molar-refractivity contribution in [2.75, 3.05) is 53.6 Å². The number of carbonyl (C=O) groups is 2. The fraction of sp³-hybridized carbons (Fsp3) is 0.818. The summed E-state index contributed by atoms with van der Waals surface area (Å²) < 4.78 is 4.94. The lowest BCUT2D eigenvalue weighted by atomic mass is 10.4. The highest BCUT2D eigenvalue weighted by Crippen LogP contribution is 1.81. The van der Waals surface area contributed by atoms with E-state index in [1.54, 1.807) is 0 Å². The number of ether oxygens (including phenoxy) is 1. The number of carbonyl (C=O) groups excluding carboxylic acids is 2. The van der Waals surface area contributed by atoms with Crippen LogP contribution in [0, 0.1) is 0 Å². The first-order valence-electron chi connectivity index (χ1n) is 5.97. The van der Waals surface area contributed by atoms with Crippen molar-refractivity contribution in [3.63, 3.8) is 0 Å². The first-order valence-corrected chi connectivity index (χ1v) is 5.97. The summed E-state index contributed by atoms with van der Waals surface area (Å²) >= 11 is 0. The molecule has 0 spiro atoms. The molecule has 0 aromatic rings. The van der Waals surface area contributed by atoms with Crippen LogP contribution in [0.5, 0.6) is 0 Å². The summed E-state index contributed by atoms with van der Waals surface area (Å²) in [6, 6.07) is 0. The van der Waals surface area contributed by atoms with Crippen LogP contribution < -0.4 is 10.6 Å². The molecule has 0 heterocycles. The summed E-state index contributed by atoms with van der Waals surface area (Å²) in [5.74, 6) is -1.29. The maximum atomic E-state index is 11.3. The van der Waals surface area contributed by atoms with Gasteiger partial charge in [0.15, 0.2) is 0 Å². The summed E-state index contributed by atoms with van der Waals surface area (Å²) in [7, 11) is 3.89. The molecule has 0 atom stereocenters. The highest BCUT2D eigenvalue weighted by molar-refractivity contribution is 6.35. The molecule has 7 heteroatoms. The first-order chi connectivity index (χ1) is 8.57. The standard InChI is InChI=1S/C11H23N3O4/c1-14(2)6-3-4-12-10(16)11(17)13-5-8-18-9-7-15/h15H,3-9H2,1-2H3,(H,12,16)(H,13,17). The first kappa shape index (κ1) is 16.8. The van der Waals surface area contributed by atoms with Crippen molar-refractivity contribution in [3.05, 3.63) is 0 Å². The molecule has 0 aliphatic heterocycles. The van der Waals surface area contributed by atoms with Crippen LogP contribution >= 0.6 is 0 Å². The fourth-order valence-corrected chi connectivity index (χ4v) is 1.16. The Hall–Kier alpha value is -1.18. The van der Waals surface area contributed by atoms with Gasteiger partial charge in [-0.15, -0.1) is 0 Å². The summed E-state index contributed by atoms with van der Waals surface area (Å²) in [4.78, 5) is 24.6. The third kappa shape index (κ3) is 10.0. The van der Waals surface area contributed by atoms with Gasteiger partial charge in [-0.3, -0.25) is 9.59 Å². The van der Waals surface area contributed by atoms with Gasteiger partial charge in [0.2, 0.25) is 0 Å². The molecule has 0 rings (SSSR count). The van der Waals surface area contributed by atoms with Gasteiger partial charge >= 0.3 is 11.8 Å². The number of amides is 2. The van der Waals surface area contributed by atoms with Gasteiger partial charge in [0.1, 0.15) is 0 Å². The highest BCUT2D eigenvalue weighted by atomic mass is 16.5. The lowest BCUT2D eigenvalue weighted by Gasteiger charge is -2.10. The Balaban J connectivity index is 3.49. The Morgan fingerprint density at radius 1 is 1.11 bits per heavy atom. The van der Waals surface area contributed by atoms with Crippen molar-refractivity contribution in [2.24, 2.45) is 0 Å². The minimum absolute atomic E-state index is 0.0553. The molecule has 0 aliphatic rings. The molecule has 2 amide bonds. The number of rotatable bonds is 9. The molecule has 0 radical (unpaired) electrons. The molecule has 0 aromatic carbocycles. The second kappa shape index (κ2) is 10.9. The van der Waals surface area contributed by atoms with E-state index in [0.717, 1.165) is 13.0 Å². The summed E-state index contributed by atoms with van der Waals surface area (Å²) in [6.07, 6.45) is 0.797. The van der Waals surface area contributed by atoms with Gasteiger partial charge < -0.3 is 25.4 Å². The summed E-state index contributed by atoms with van der Waals surface area (Å²) in [5.41, 5.74) is 0. The Morgan fingerprint density at radius 2 is 1.72 bits per heavy atom. The number of hydrogen-bond donors (Lipinski definition) is 3. The SMILES string of the molecule is CN(C)CCCNC(=O)C(=O)NCCOCCO. The Labute approximate surface area is 107 Å². The predicted octanol–water partition coefficient (Wildman–Crippen LogP) is -1.82. The molecule has 7 nitrogen and oxygen atoms in total. The quantitative estimate of drug-likeness (QED) is 0.336. The van der Waals surface area contributed by atoms with Crippen LogP contribution in [0.2, 0.25) is 0 Å². The van der Waals surface area contributed by atoms with Crippen LogP contribution in [-0.2, 0) is 14.3 Å². The van der Waals surface area contributed by atoms with Gasteiger partial charge in [0.05, 0.1) is 19.8 Å². The fourth-order valence-electron chi connectivity index (χ4n) is 1.16. The van der Waals surface area contributed by atoms with E-state index in [9.17, 15) is 9.59 Å². The lowest BCUT2D eigenvalue weighted by molar-refractivity contribution is -0.139. The van der Waals surface area contributed by atoms with Crippen molar-refractivity contribution in [1.29, 1.82) is 0 Å². The van der Waals surface area contributed by atoms with E-state index < -0.39 is 11.8 Å². The average molecular weight is 261 g/mol. The number of nitrogens with one attached hydrogen (secondary N) is 2. The molecular weight excluding hydrogens is 238 g/mol. The number of hydrogen-bond acceptors (Lipinski definition) is 5. The molecule has 0 aliphatic carbocycles. The number of aliphatic hydroxyl groups excluding tert-OH is 1. The molecular formula is C11H23N3O4. The van der Waals surface area contributed by atoms with Crippen molar-refractivity contribution >= 4 is 11.8 Å². The lowest BCUT2D eigenvalue weighted by Crippen LogP contribution is -2.41. The van der Waals surface area contributed by atoms with Gasteiger partial charge in [0, 0.05) is 13.1 Å². The molecule has 106 valence electrons. The zero-order valence-electron chi connectivity index (χ0n) is 11.1. The van der Waals surface area contributed by atoms with Crippen LogP contribution in [0.25, 0.3) is 0 Å². The molecule has 0 fully saturated rings. The Kier molecular flexibility index (Phi) is 10.2. The number of aliphatic hydroxyl groups is 1. The van der Waals surface area contributed by atoms with Crippen LogP contribution in [0.15, 0.2) is 0 Å². The molecule has 0 unspecified atom stereocenters. The third-order valence-corrected chi connectivity index (χ3v) is 2.04. The predicted molar refractivity (Wildman–Crippen MR) is 67.1 cm³/mol. The van der Waals surface area contributed by atoms with E-state index >= 15 is 0 Å². The van der Waals surface area contributed by atoms with Gasteiger partial charge in [-0.05, 0) is 27.1 Å². The molecule has 0 saturated heterocycles. The Bertz CT molecular complexity index is 246. The van der Waals surface area contributed by atoms with E-state index in [4.69, 9.17) is 9.84 Å². The van der Waals surface area contributed by atoms with E-state index in [1.807, 2.05) is 19.0 Å². The Morgan fingerprint density at radius 3 is 2.28 bits per heavy atom. The van der Waals surface area contributed by atoms with Gasteiger partial charge in [0.25, 0.3) is 0 Å². The van der Waals surface area contributed by atoms with E-state index in [2.05, 4.69) is 10.6 Å². The molecule has 3 N–H and O–H groups in total. The third-order valence-electron chi connectivity index (χ3n) is 2.04. The normalized spacial score (nSPS) is 10.4. The van der Waals surface area contributed by atoms with Gasteiger partial charge in [-0.1, -0.05) is 0 Å². The second-order valence-electron chi connectivity index (χ2n) is 4.00. The second-order valence-corrected chi connectivity index (χ2v) is 4.00. The minimum atomic E-state index is -0.660. The molecule has 0 aromatic heterocycles. The molecule has 0 bridgehead atoms. The van der Waals surface area contributed by atoms with Gasteiger partial charge in [-0.25, -0.2) is 0 Å². The van der Waals surface area contributed by atoms with Crippen LogP contribution in [0.1, 0.15) is 6.42 Å². The maximum Gasteiger partial charge on any atom is 0.309 e. The molecule has 0 saturated carbocycles. The van der Waals surface area contributed by atoms with Crippen molar-refractivity contribution < 1.29 is 19.4 Å². The van der Waals surface area contributed by atoms with Crippen molar-refractivity contribution in [2.45, 2.75) is 6.42 Å². The number of nitrogens with zero attached hydrogens (tertiary/aromatic N) is 1. The van der Waals surface area contributed by atoms with E-state index in [1.165, 1.54) is 0 Å². The van der Waals surface area contributed by atoms with Gasteiger partial charge in [-0.2, -0.15) is 0 Å². The van der Waals surface area contributed by atoms with Crippen molar-refractivity contribution in [3.8, 4) is 0 Å². The van der Waals surface area contributed by atoms with Crippen LogP contribution in [0.4, 0.5) is 0 Å². The summed E-state index contributed by atoms with van der Waals surface area (Å²) in [6.45, 7) is 2.04. The minimum Gasteiger partial charge on any atom is -0.394 e. The van der Waals surface area contributed by atoms with Crippen molar-refractivity contribution in [1.82, 2.24) is 15.5 Å². The zero-order valence-corrected chi connectivity index (χ0v) is 11.1. The largest absolute Gasteiger partial charge is 0.394 e. The monoisotopic (exact) mass is 261 g/mol. The van der Waals surface area contributed by atoms with E-state index in [0.29, 0.717) is 6.54 Å². The smallest absolute Gasteiger partial charge is 0.309 e. The maximum absolute atomic E-state index is 11.3.